The fourth-order valence-electron chi connectivity index (χ4n) is 2.35. The van der Waals surface area contributed by atoms with Crippen molar-refractivity contribution < 1.29 is 4.74 Å². The molecule has 108 valence electrons. The first kappa shape index (κ1) is 13.9. The van der Waals surface area contributed by atoms with Gasteiger partial charge in [0.05, 0.1) is 17.3 Å². The van der Waals surface area contributed by atoms with Crippen molar-refractivity contribution in [1.29, 1.82) is 0 Å². The third-order valence-electron chi connectivity index (χ3n) is 3.52. The molecule has 0 bridgehead atoms. The third-order valence-corrected chi connectivity index (χ3v) is 4.50. The molecule has 0 aliphatic carbocycles. The quantitative estimate of drug-likeness (QED) is 0.754. The number of methoxy groups -OCH3 is 1. The average Bonchev–Trinajstić information content (AvgIpc) is 2.94. The van der Waals surface area contributed by atoms with Crippen LogP contribution in [0.2, 0.25) is 0 Å². The molecule has 4 heteroatoms. The van der Waals surface area contributed by atoms with Crippen LogP contribution in [-0.2, 0) is 13.0 Å². The van der Waals surface area contributed by atoms with E-state index in [1.165, 1.54) is 11.1 Å². The SMILES string of the molecule is CCc1ccccc1CNc1nc2ccc(OC)cc2s1. The molecule has 0 saturated carbocycles. The van der Waals surface area contributed by atoms with Gasteiger partial charge in [0.15, 0.2) is 5.13 Å². The zero-order chi connectivity index (χ0) is 14.7. The highest BCUT2D eigenvalue weighted by atomic mass is 32.1. The second kappa shape index (κ2) is 6.14. The van der Waals surface area contributed by atoms with Gasteiger partial charge in [0.25, 0.3) is 0 Å². The summed E-state index contributed by atoms with van der Waals surface area (Å²) in [5.74, 6) is 0.869. The van der Waals surface area contributed by atoms with E-state index >= 15 is 0 Å². The van der Waals surface area contributed by atoms with Crippen LogP contribution < -0.4 is 10.1 Å². The Morgan fingerprint density at radius 1 is 1.14 bits per heavy atom. The molecule has 3 nitrogen and oxygen atoms in total. The summed E-state index contributed by atoms with van der Waals surface area (Å²) in [5, 5.41) is 4.38. The van der Waals surface area contributed by atoms with Crippen LogP contribution >= 0.6 is 11.3 Å². The number of nitrogens with one attached hydrogen (secondary N) is 1. The Bertz CT molecular complexity index is 751. The van der Waals surface area contributed by atoms with Gasteiger partial charge in [0.2, 0.25) is 0 Å². The second-order valence-electron chi connectivity index (χ2n) is 4.83. The first-order valence-corrected chi connectivity index (χ1v) is 7.87. The second-order valence-corrected chi connectivity index (χ2v) is 5.86. The number of fused-ring (bicyclic) bond motifs is 1. The van der Waals surface area contributed by atoms with Crippen LogP contribution in [0, 0.1) is 0 Å². The average molecular weight is 298 g/mol. The molecular weight excluding hydrogens is 280 g/mol. The predicted molar refractivity (Wildman–Crippen MR) is 89.3 cm³/mol. The van der Waals surface area contributed by atoms with Gasteiger partial charge in [-0.3, -0.25) is 0 Å². The fraction of sp³-hybridized carbons (Fsp3) is 0.235. The van der Waals surface area contributed by atoms with Gasteiger partial charge in [0.1, 0.15) is 5.75 Å². The monoisotopic (exact) mass is 298 g/mol. The van der Waals surface area contributed by atoms with Gasteiger partial charge < -0.3 is 10.1 Å². The lowest BCUT2D eigenvalue weighted by atomic mass is 10.1. The van der Waals surface area contributed by atoms with Gasteiger partial charge >= 0.3 is 0 Å². The lowest BCUT2D eigenvalue weighted by molar-refractivity contribution is 0.415. The molecule has 0 aliphatic rings. The van der Waals surface area contributed by atoms with Crippen molar-refractivity contribution in [1.82, 2.24) is 4.98 Å². The van der Waals surface area contributed by atoms with Gasteiger partial charge in [0, 0.05) is 6.54 Å². The summed E-state index contributed by atoms with van der Waals surface area (Å²) >= 11 is 1.66. The van der Waals surface area contributed by atoms with E-state index in [0.29, 0.717) is 0 Å². The minimum atomic E-state index is 0.807. The summed E-state index contributed by atoms with van der Waals surface area (Å²) in [6.07, 6.45) is 1.05. The molecule has 0 amide bonds. The van der Waals surface area contributed by atoms with Gasteiger partial charge in [-0.15, -0.1) is 0 Å². The Morgan fingerprint density at radius 3 is 2.71 bits per heavy atom. The van der Waals surface area contributed by atoms with Crippen LogP contribution in [0.1, 0.15) is 18.1 Å². The Balaban J connectivity index is 1.79. The highest BCUT2D eigenvalue weighted by molar-refractivity contribution is 7.22. The standard InChI is InChI=1S/C17H18N2OS/c1-3-12-6-4-5-7-13(12)11-18-17-19-15-9-8-14(20-2)10-16(15)21-17/h4-10H,3,11H2,1-2H3,(H,18,19). The van der Waals surface area contributed by atoms with Crippen molar-refractivity contribution in [2.45, 2.75) is 19.9 Å². The van der Waals surface area contributed by atoms with Gasteiger partial charge in [-0.2, -0.15) is 0 Å². The molecule has 0 unspecified atom stereocenters. The maximum absolute atomic E-state index is 5.25. The van der Waals surface area contributed by atoms with E-state index in [-0.39, 0.29) is 0 Å². The van der Waals surface area contributed by atoms with E-state index in [1.807, 2.05) is 18.2 Å². The lowest BCUT2D eigenvalue weighted by Gasteiger charge is -2.07. The largest absolute Gasteiger partial charge is 0.497 e. The Labute approximate surface area is 128 Å². The normalized spacial score (nSPS) is 10.8. The smallest absolute Gasteiger partial charge is 0.184 e. The van der Waals surface area contributed by atoms with E-state index < -0.39 is 0 Å². The molecule has 1 N–H and O–H groups in total. The zero-order valence-electron chi connectivity index (χ0n) is 12.2. The first-order chi connectivity index (χ1) is 10.3. The number of ether oxygens (including phenoxy) is 1. The lowest BCUT2D eigenvalue weighted by Crippen LogP contribution is -2.01. The van der Waals surface area contributed by atoms with E-state index in [1.54, 1.807) is 18.4 Å². The summed E-state index contributed by atoms with van der Waals surface area (Å²) < 4.78 is 6.39. The van der Waals surface area contributed by atoms with Gasteiger partial charge in [-0.05, 0) is 35.7 Å². The minimum Gasteiger partial charge on any atom is -0.497 e. The summed E-state index contributed by atoms with van der Waals surface area (Å²) in [7, 11) is 1.68. The van der Waals surface area contributed by atoms with Crippen molar-refractivity contribution in [3.8, 4) is 5.75 Å². The Hall–Kier alpha value is -2.07. The van der Waals surface area contributed by atoms with Crippen molar-refractivity contribution >= 4 is 26.7 Å². The van der Waals surface area contributed by atoms with Crippen LogP contribution in [0.3, 0.4) is 0 Å². The molecule has 0 spiro atoms. The molecule has 3 rings (SSSR count). The predicted octanol–water partition coefficient (Wildman–Crippen LogP) is 4.48. The van der Waals surface area contributed by atoms with Crippen LogP contribution in [0.15, 0.2) is 42.5 Å². The highest BCUT2D eigenvalue weighted by Crippen LogP contribution is 2.29. The molecule has 21 heavy (non-hydrogen) atoms. The number of benzene rings is 2. The van der Waals surface area contributed by atoms with E-state index in [2.05, 4.69) is 41.5 Å². The molecule has 0 fully saturated rings. The highest BCUT2D eigenvalue weighted by Gasteiger charge is 2.06. The number of nitrogens with zero attached hydrogens (tertiary/aromatic N) is 1. The van der Waals surface area contributed by atoms with E-state index in [9.17, 15) is 0 Å². The Kier molecular flexibility index (Phi) is 4.06. The molecule has 1 aromatic heterocycles. The van der Waals surface area contributed by atoms with Gasteiger partial charge in [-0.25, -0.2) is 4.98 Å². The molecule has 2 aromatic carbocycles. The number of rotatable bonds is 5. The number of hydrogen-bond acceptors (Lipinski definition) is 4. The molecular formula is C17H18N2OS. The van der Waals surface area contributed by atoms with Crippen molar-refractivity contribution in [2.75, 3.05) is 12.4 Å². The molecule has 0 aliphatic heterocycles. The summed E-state index contributed by atoms with van der Waals surface area (Å²) in [4.78, 5) is 4.61. The maximum Gasteiger partial charge on any atom is 0.184 e. The van der Waals surface area contributed by atoms with E-state index in [0.717, 1.165) is 34.1 Å². The minimum absolute atomic E-state index is 0.807. The number of anilines is 1. The molecule has 0 atom stereocenters. The van der Waals surface area contributed by atoms with Crippen molar-refractivity contribution in [3.05, 3.63) is 53.6 Å². The van der Waals surface area contributed by atoms with Crippen LogP contribution in [0.5, 0.6) is 5.75 Å². The summed E-state index contributed by atoms with van der Waals surface area (Å²) in [6.45, 7) is 2.99. The molecule has 1 heterocycles. The maximum atomic E-state index is 5.25. The van der Waals surface area contributed by atoms with Gasteiger partial charge in [-0.1, -0.05) is 42.5 Å². The van der Waals surface area contributed by atoms with Crippen molar-refractivity contribution in [2.24, 2.45) is 0 Å². The summed E-state index contributed by atoms with van der Waals surface area (Å²) in [6, 6.07) is 14.5. The Morgan fingerprint density at radius 2 is 1.95 bits per heavy atom. The van der Waals surface area contributed by atoms with Crippen LogP contribution in [0.25, 0.3) is 10.2 Å². The number of hydrogen-bond donors (Lipinski definition) is 1. The zero-order valence-corrected chi connectivity index (χ0v) is 13.0. The van der Waals surface area contributed by atoms with E-state index in [4.69, 9.17) is 4.74 Å². The molecule has 0 saturated heterocycles. The topological polar surface area (TPSA) is 34.2 Å². The molecule has 3 aromatic rings. The van der Waals surface area contributed by atoms with Crippen LogP contribution in [0.4, 0.5) is 5.13 Å². The number of thiazole rings is 1. The van der Waals surface area contributed by atoms with Crippen LogP contribution in [-0.4, -0.2) is 12.1 Å². The third kappa shape index (κ3) is 3.00. The molecule has 0 radical (unpaired) electrons. The summed E-state index contributed by atoms with van der Waals surface area (Å²) in [5.41, 5.74) is 3.72. The fourth-order valence-corrected chi connectivity index (χ4v) is 3.24. The number of aryl methyl sites for hydroxylation is 1. The first-order valence-electron chi connectivity index (χ1n) is 7.05. The van der Waals surface area contributed by atoms with Crippen molar-refractivity contribution in [3.63, 3.8) is 0 Å². The number of aromatic nitrogens is 1.